The zero-order valence-corrected chi connectivity index (χ0v) is 10.8. The highest BCUT2D eigenvalue weighted by Crippen LogP contribution is 2.14. The molecule has 0 fully saturated rings. The van der Waals surface area contributed by atoms with Gasteiger partial charge in [-0.2, -0.15) is 5.26 Å². The van der Waals surface area contributed by atoms with Crippen LogP contribution in [0.25, 0.3) is 0 Å². The molecule has 0 aliphatic carbocycles. The molecule has 0 spiro atoms. The molecule has 2 nitrogen and oxygen atoms in total. The number of benzene rings is 1. The predicted octanol–water partition coefficient (Wildman–Crippen LogP) is 2.85. The number of hydrogen-bond donors (Lipinski definition) is 0. The van der Waals surface area contributed by atoms with Crippen LogP contribution in [0.15, 0.2) is 24.3 Å². The van der Waals surface area contributed by atoms with E-state index in [1.54, 1.807) is 6.07 Å². The second kappa shape index (κ2) is 5.81. The maximum absolute atomic E-state index is 12.0. The van der Waals surface area contributed by atoms with E-state index in [1.807, 2.05) is 25.1 Å². The van der Waals surface area contributed by atoms with E-state index in [0.717, 1.165) is 5.56 Å². The highest BCUT2D eigenvalue weighted by atomic mass is 32.2. The third kappa shape index (κ3) is 3.46. The van der Waals surface area contributed by atoms with Crippen molar-refractivity contribution >= 4 is 10.8 Å². The molecule has 0 saturated carbocycles. The van der Waals surface area contributed by atoms with Gasteiger partial charge in [-0.25, -0.2) is 0 Å². The van der Waals surface area contributed by atoms with Crippen molar-refractivity contribution < 1.29 is 4.21 Å². The van der Waals surface area contributed by atoms with Gasteiger partial charge in [0.05, 0.1) is 11.6 Å². The lowest BCUT2D eigenvalue weighted by molar-refractivity contribution is 0.605. The molecule has 0 amide bonds. The van der Waals surface area contributed by atoms with Crippen molar-refractivity contribution in [3.8, 4) is 6.07 Å². The Labute approximate surface area is 99.8 Å². The van der Waals surface area contributed by atoms with E-state index >= 15 is 0 Å². The van der Waals surface area contributed by atoms with E-state index in [4.69, 9.17) is 5.26 Å². The lowest BCUT2D eigenvalue weighted by Crippen LogP contribution is -2.18. The molecule has 16 heavy (non-hydrogen) atoms. The smallest absolute Gasteiger partial charge is 0.0991 e. The van der Waals surface area contributed by atoms with E-state index in [2.05, 4.69) is 19.9 Å². The summed E-state index contributed by atoms with van der Waals surface area (Å²) in [5.74, 6) is 0.953. The zero-order chi connectivity index (χ0) is 12.1. The average Bonchev–Trinajstić information content (AvgIpc) is 2.28. The largest absolute Gasteiger partial charge is 0.259 e. The number of rotatable bonds is 4. The summed E-state index contributed by atoms with van der Waals surface area (Å²) in [5.41, 5.74) is 1.61. The lowest BCUT2D eigenvalue weighted by atomic mass is 10.1. The Morgan fingerprint density at radius 2 is 2.06 bits per heavy atom. The molecule has 0 aliphatic rings. The van der Waals surface area contributed by atoms with Crippen LogP contribution in [0.2, 0.25) is 0 Å². The van der Waals surface area contributed by atoms with Gasteiger partial charge < -0.3 is 0 Å². The first-order chi connectivity index (χ1) is 7.54. The Kier molecular flexibility index (Phi) is 4.70. The summed E-state index contributed by atoms with van der Waals surface area (Å²) in [6.45, 7) is 6.16. The molecule has 86 valence electrons. The molecule has 1 rings (SSSR count). The predicted molar refractivity (Wildman–Crippen MR) is 67.3 cm³/mol. The summed E-state index contributed by atoms with van der Waals surface area (Å²) < 4.78 is 12.0. The van der Waals surface area contributed by atoms with Gasteiger partial charge in [0.1, 0.15) is 0 Å². The molecule has 2 unspecified atom stereocenters. The minimum Gasteiger partial charge on any atom is -0.259 e. The van der Waals surface area contributed by atoms with Crippen molar-refractivity contribution in [3.05, 3.63) is 35.4 Å². The van der Waals surface area contributed by atoms with E-state index in [1.165, 1.54) is 0 Å². The highest BCUT2D eigenvalue weighted by Gasteiger charge is 2.15. The summed E-state index contributed by atoms with van der Waals surface area (Å²) in [4.78, 5) is 0. The molecule has 2 atom stereocenters. The van der Waals surface area contributed by atoms with Gasteiger partial charge in [-0.3, -0.25) is 4.21 Å². The van der Waals surface area contributed by atoms with Gasteiger partial charge in [0.15, 0.2) is 0 Å². The Balaban J connectivity index is 2.74. The van der Waals surface area contributed by atoms with Gasteiger partial charge in [-0.05, 0) is 23.6 Å². The van der Waals surface area contributed by atoms with Crippen LogP contribution in [0.1, 0.15) is 31.9 Å². The van der Waals surface area contributed by atoms with Crippen molar-refractivity contribution in [1.29, 1.82) is 5.26 Å². The molecule has 0 aliphatic heterocycles. The summed E-state index contributed by atoms with van der Waals surface area (Å²) in [5, 5.41) is 8.95. The number of nitriles is 1. The van der Waals surface area contributed by atoms with E-state index in [-0.39, 0.29) is 5.25 Å². The van der Waals surface area contributed by atoms with Crippen LogP contribution in [0.4, 0.5) is 0 Å². The van der Waals surface area contributed by atoms with Crippen LogP contribution in [-0.2, 0) is 16.6 Å². The molecule has 1 aromatic carbocycles. The minimum absolute atomic E-state index is 0.186. The highest BCUT2D eigenvalue weighted by molar-refractivity contribution is 7.84. The van der Waals surface area contributed by atoms with Crippen molar-refractivity contribution in [1.82, 2.24) is 0 Å². The molecule has 0 N–H and O–H groups in total. The van der Waals surface area contributed by atoms with Crippen LogP contribution < -0.4 is 0 Å². The summed E-state index contributed by atoms with van der Waals surface area (Å²) in [6.07, 6.45) is 0. The molecule has 0 aromatic heterocycles. The number of hydrogen-bond acceptors (Lipinski definition) is 2. The molecule has 0 radical (unpaired) electrons. The monoisotopic (exact) mass is 235 g/mol. The lowest BCUT2D eigenvalue weighted by Gasteiger charge is -2.14. The van der Waals surface area contributed by atoms with Gasteiger partial charge in [0.25, 0.3) is 0 Å². The average molecular weight is 235 g/mol. The van der Waals surface area contributed by atoms with Gasteiger partial charge in [-0.1, -0.05) is 32.9 Å². The standard InChI is InChI=1S/C13H17NOS/c1-10(2)11(3)16(15)9-13-6-4-5-12(7-13)8-14/h4-7,10-11H,9H2,1-3H3. The normalized spacial score (nSPS) is 14.4. The third-order valence-corrected chi connectivity index (χ3v) is 4.71. The van der Waals surface area contributed by atoms with Gasteiger partial charge in [-0.15, -0.1) is 0 Å². The van der Waals surface area contributed by atoms with Crippen molar-refractivity contribution in [2.24, 2.45) is 5.92 Å². The molecule has 0 bridgehead atoms. The quantitative estimate of drug-likeness (QED) is 0.805. The molecule has 3 heteroatoms. The maximum Gasteiger partial charge on any atom is 0.0991 e. The first-order valence-electron chi connectivity index (χ1n) is 5.40. The third-order valence-electron chi connectivity index (χ3n) is 2.72. The zero-order valence-electron chi connectivity index (χ0n) is 9.93. The Morgan fingerprint density at radius 1 is 1.38 bits per heavy atom. The van der Waals surface area contributed by atoms with Crippen LogP contribution >= 0.6 is 0 Å². The van der Waals surface area contributed by atoms with Gasteiger partial charge in [0, 0.05) is 21.8 Å². The SMILES string of the molecule is CC(C)C(C)S(=O)Cc1cccc(C#N)c1. The Morgan fingerprint density at radius 3 is 2.62 bits per heavy atom. The van der Waals surface area contributed by atoms with Crippen molar-refractivity contribution in [2.75, 3.05) is 0 Å². The Bertz CT molecular complexity index is 420. The van der Waals surface area contributed by atoms with E-state index in [0.29, 0.717) is 17.2 Å². The summed E-state index contributed by atoms with van der Waals surface area (Å²) in [6, 6.07) is 9.43. The van der Waals surface area contributed by atoms with E-state index < -0.39 is 10.8 Å². The van der Waals surface area contributed by atoms with Gasteiger partial charge >= 0.3 is 0 Å². The fourth-order valence-electron chi connectivity index (χ4n) is 1.33. The summed E-state index contributed by atoms with van der Waals surface area (Å²) >= 11 is 0. The second-order valence-electron chi connectivity index (χ2n) is 4.29. The number of nitrogens with zero attached hydrogens (tertiary/aromatic N) is 1. The van der Waals surface area contributed by atoms with E-state index in [9.17, 15) is 4.21 Å². The summed E-state index contributed by atoms with van der Waals surface area (Å²) in [7, 11) is -0.866. The maximum atomic E-state index is 12.0. The van der Waals surface area contributed by atoms with Crippen molar-refractivity contribution in [3.63, 3.8) is 0 Å². The van der Waals surface area contributed by atoms with Crippen LogP contribution in [-0.4, -0.2) is 9.46 Å². The molecule has 0 heterocycles. The van der Waals surface area contributed by atoms with Crippen LogP contribution in [0.5, 0.6) is 0 Å². The molecular formula is C13H17NOS. The van der Waals surface area contributed by atoms with Crippen LogP contribution in [0.3, 0.4) is 0 Å². The topological polar surface area (TPSA) is 40.9 Å². The molecule has 1 aromatic rings. The fraction of sp³-hybridized carbons (Fsp3) is 0.462. The van der Waals surface area contributed by atoms with Gasteiger partial charge in [0.2, 0.25) is 0 Å². The minimum atomic E-state index is -0.866. The fourth-order valence-corrected chi connectivity index (χ4v) is 2.71. The Hall–Kier alpha value is -1.14. The first-order valence-corrected chi connectivity index (χ1v) is 6.79. The second-order valence-corrected chi connectivity index (χ2v) is 6.08. The van der Waals surface area contributed by atoms with Crippen molar-refractivity contribution in [2.45, 2.75) is 31.8 Å². The van der Waals surface area contributed by atoms with Crippen LogP contribution in [0, 0.1) is 17.2 Å². The molecule has 0 saturated heterocycles. The first kappa shape index (κ1) is 12.9. The molecular weight excluding hydrogens is 218 g/mol.